The predicted octanol–water partition coefficient (Wildman–Crippen LogP) is 1.39. The summed E-state index contributed by atoms with van der Waals surface area (Å²) in [5, 5.41) is 28.3. The zero-order valence-electron chi connectivity index (χ0n) is 16.3. The number of aliphatic hydroxyl groups excluding tert-OH is 2. The summed E-state index contributed by atoms with van der Waals surface area (Å²) in [7, 11) is 0. The van der Waals surface area contributed by atoms with Crippen LogP contribution in [0.4, 0.5) is 0 Å². The van der Waals surface area contributed by atoms with E-state index in [1.165, 1.54) is 25.7 Å². The number of hydrogen-bond acceptors (Lipinski definition) is 3. The van der Waals surface area contributed by atoms with Crippen LogP contribution in [0.1, 0.15) is 98.2 Å². The van der Waals surface area contributed by atoms with Gasteiger partial charge in [-0.2, -0.15) is 0 Å². The average molecular weight is 340 g/mol. The van der Waals surface area contributed by atoms with Crippen molar-refractivity contribution < 1.29 is 51.1 Å². The first kappa shape index (κ1) is 25.6. The maximum atomic E-state index is 10.4. The molecule has 23 heavy (non-hydrogen) atoms. The van der Waals surface area contributed by atoms with Gasteiger partial charge in [0.2, 0.25) is 0 Å². The first-order chi connectivity index (χ1) is 10.6. The van der Waals surface area contributed by atoms with Crippen LogP contribution in [0.2, 0.25) is 0 Å². The van der Waals surface area contributed by atoms with Crippen LogP contribution in [0, 0.1) is 0 Å². The molecule has 0 aliphatic carbocycles. The Bertz CT molecular complexity index is 267. The van der Waals surface area contributed by atoms with Crippen LogP contribution in [-0.4, -0.2) is 33.5 Å². The molecule has 0 bridgehead atoms. The summed E-state index contributed by atoms with van der Waals surface area (Å²) in [5.74, 6) is -0.728. The van der Waals surface area contributed by atoms with E-state index in [2.05, 4.69) is 6.92 Å². The molecule has 2 atom stereocenters. The second kappa shape index (κ2) is 18.7. The van der Waals surface area contributed by atoms with Crippen molar-refractivity contribution in [2.75, 3.05) is 0 Å². The minimum absolute atomic E-state index is 0. The second-order valence-electron chi connectivity index (χ2n) is 6.39. The number of carboxylic acid groups (broad SMARTS) is 1. The standard InChI is InChI=1S/C18H36O4.Na.H/c1-2-3-4-5-7-10-13-16(19)17(20)14-11-8-6-9-12-15-18(21)22;;/h16-17,19-20H,2-15H2,1H3,(H,21,22);;/q;+1;-1. The number of unbranched alkanes of at least 4 members (excludes halogenated alkanes) is 9. The molecule has 0 aromatic carbocycles. The molecule has 2 unspecified atom stereocenters. The van der Waals surface area contributed by atoms with Gasteiger partial charge in [-0.3, -0.25) is 4.79 Å². The Balaban J connectivity index is -0.00000220. The molecule has 0 fully saturated rings. The van der Waals surface area contributed by atoms with Gasteiger partial charge in [0.15, 0.2) is 0 Å². The van der Waals surface area contributed by atoms with E-state index in [1.807, 2.05) is 0 Å². The Hall–Kier alpha value is 0.390. The van der Waals surface area contributed by atoms with E-state index in [-0.39, 0.29) is 37.4 Å². The Morgan fingerprint density at radius 2 is 1.17 bits per heavy atom. The molecule has 0 aliphatic heterocycles. The molecule has 0 saturated carbocycles. The van der Waals surface area contributed by atoms with E-state index in [4.69, 9.17) is 5.11 Å². The molecule has 0 heterocycles. The van der Waals surface area contributed by atoms with Gasteiger partial charge in [0.05, 0.1) is 12.2 Å². The van der Waals surface area contributed by atoms with Gasteiger partial charge < -0.3 is 16.7 Å². The quantitative estimate of drug-likeness (QED) is 0.293. The molecule has 0 spiro atoms. The minimum atomic E-state index is -0.728. The third kappa shape index (κ3) is 18.6. The van der Waals surface area contributed by atoms with Crippen molar-refractivity contribution in [3.05, 3.63) is 0 Å². The van der Waals surface area contributed by atoms with E-state index < -0.39 is 18.2 Å². The Kier molecular flexibility index (Phi) is 20.9. The zero-order chi connectivity index (χ0) is 16.6. The summed E-state index contributed by atoms with van der Waals surface area (Å²) >= 11 is 0. The molecular formula is C18H37NaO4. The van der Waals surface area contributed by atoms with Crippen molar-refractivity contribution in [2.24, 2.45) is 0 Å². The summed E-state index contributed by atoms with van der Waals surface area (Å²) < 4.78 is 0. The van der Waals surface area contributed by atoms with Gasteiger partial charge >= 0.3 is 35.5 Å². The predicted molar refractivity (Wildman–Crippen MR) is 91.1 cm³/mol. The molecule has 0 aromatic rings. The fourth-order valence-corrected chi connectivity index (χ4v) is 2.68. The van der Waals surface area contributed by atoms with Crippen molar-refractivity contribution >= 4 is 5.97 Å². The maximum absolute atomic E-state index is 10.4. The summed E-state index contributed by atoms with van der Waals surface area (Å²) in [6, 6.07) is 0. The number of aliphatic carboxylic acids is 1. The Labute approximate surface area is 165 Å². The fraction of sp³-hybridized carbons (Fsp3) is 0.944. The van der Waals surface area contributed by atoms with Gasteiger partial charge in [-0.15, -0.1) is 0 Å². The smallest absolute Gasteiger partial charge is 1.00 e. The molecule has 3 N–H and O–H groups in total. The molecule has 0 rings (SSSR count). The zero-order valence-corrected chi connectivity index (χ0v) is 17.3. The van der Waals surface area contributed by atoms with Crippen molar-refractivity contribution in [1.29, 1.82) is 0 Å². The van der Waals surface area contributed by atoms with Crippen LogP contribution in [-0.2, 0) is 4.79 Å². The van der Waals surface area contributed by atoms with Gasteiger partial charge in [-0.05, 0) is 19.3 Å². The van der Waals surface area contributed by atoms with Crippen LogP contribution in [0.3, 0.4) is 0 Å². The topological polar surface area (TPSA) is 77.8 Å². The van der Waals surface area contributed by atoms with Crippen molar-refractivity contribution in [3.8, 4) is 0 Å². The summed E-state index contributed by atoms with van der Waals surface area (Å²) in [6.07, 6.45) is 12.2. The van der Waals surface area contributed by atoms with Crippen molar-refractivity contribution in [3.63, 3.8) is 0 Å². The van der Waals surface area contributed by atoms with Gasteiger partial charge in [0.25, 0.3) is 0 Å². The number of aliphatic hydroxyl groups is 2. The molecule has 0 aliphatic rings. The number of carbonyl (C=O) groups is 1. The minimum Gasteiger partial charge on any atom is -1.00 e. The Morgan fingerprint density at radius 1 is 0.783 bits per heavy atom. The van der Waals surface area contributed by atoms with Crippen molar-refractivity contribution in [1.82, 2.24) is 0 Å². The number of carboxylic acids is 1. The fourth-order valence-electron chi connectivity index (χ4n) is 2.68. The average Bonchev–Trinajstić information content (AvgIpc) is 2.49. The molecule has 5 heteroatoms. The molecule has 0 saturated heterocycles. The van der Waals surface area contributed by atoms with E-state index in [0.29, 0.717) is 12.8 Å². The van der Waals surface area contributed by atoms with Crippen LogP contribution in [0.15, 0.2) is 0 Å². The summed E-state index contributed by atoms with van der Waals surface area (Å²) in [4.78, 5) is 10.4. The van der Waals surface area contributed by atoms with Crippen LogP contribution in [0.5, 0.6) is 0 Å². The SMILES string of the molecule is CCCCCCCCC(O)C(O)CCCCCCCC(=O)O.[H-].[Na+]. The molecule has 134 valence electrons. The third-order valence-electron chi connectivity index (χ3n) is 4.19. The molecule has 0 radical (unpaired) electrons. The first-order valence-corrected chi connectivity index (χ1v) is 9.15. The van der Waals surface area contributed by atoms with E-state index in [9.17, 15) is 15.0 Å². The monoisotopic (exact) mass is 340 g/mol. The molecule has 4 nitrogen and oxygen atoms in total. The van der Waals surface area contributed by atoms with E-state index >= 15 is 0 Å². The van der Waals surface area contributed by atoms with Crippen LogP contribution >= 0.6 is 0 Å². The molecule has 0 aromatic heterocycles. The summed E-state index contributed by atoms with van der Waals surface area (Å²) in [6.45, 7) is 2.20. The molecule has 0 amide bonds. The third-order valence-corrected chi connectivity index (χ3v) is 4.19. The number of hydrogen-bond donors (Lipinski definition) is 3. The normalized spacial score (nSPS) is 13.3. The van der Waals surface area contributed by atoms with Gasteiger partial charge in [-0.1, -0.05) is 71.1 Å². The van der Waals surface area contributed by atoms with E-state index in [0.717, 1.165) is 44.9 Å². The van der Waals surface area contributed by atoms with E-state index in [1.54, 1.807) is 0 Å². The molecular weight excluding hydrogens is 303 g/mol. The first-order valence-electron chi connectivity index (χ1n) is 9.15. The van der Waals surface area contributed by atoms with Crippen molar-refractivity contribution in [2.45, 2.75) is 109 Å². The van der Waals surface area contributed by atoms with Crippen LogP contribution < -0.4 is 29.6 Å². The van der Waals surface area contributed by atoms with Gasteiger partial charge in [0, 0.05) is 6.42 Å². The number of rotatable bonds is 16. The van der Waals surface area contributed by atoms with Gasteiger partial charge in [-0.25, -0.2) is 0 Å². The second-order valence-corrected chi connectivity index (χ2v) is 6.39. The van der Waals surface area contributed by atoms with Crippen LogP contribution in [0.25, 0.3) is 0 Å². The summed E-state index contributed by atoms with van der Waals surface area (Å²) in [5.41, 5.74) is 0. The van der Waals surface area contributed by atoms with Gasteiger partial charge in [0.1, 0.15) is 0 Å². The largest absolute Gasteiger partial charge is 1.00 e. The Morgan fingerprint density at radius 3 is 1.61 bits per heavy atom. The maximum Gasteiger partial charge on any atom is 1.00 e.